The molecule has 0 aromatic heterocycles. The van der Waals surface area contributed by atoms with Gasteiger partial charge in [0, 0.05) is 43.8 Å². The van der Waals surface area contributed by atoms with E-state index in [2.05, 4.69) is 16.7 Å². The fraction of sp³-hybridized carbons (Fsp3) is 0.700. The summed E-state index contributed by atoms with van der Waals surface area (Å²) in [4.78, 5) is 5.09. The van der Waals surface area contributed by atoms with Gasteiger partial charge in [-0.15, -0.1) is 0 Å². The first-order valence-electron chi connectivity index (χ1n) is 9.69. The largest absolute Gasteiger partial charge is 0.380 e. The Morgan fingerprint density at radius 2 is 1.76 bits per heavy atom. The highest BCUT2D eigenvalue weighted by Crippen LogP contribution is 2.46. The van der Waals surface area contributed by atoms with E-state index in [0.29, 0.717) is 18.0 Å². The quantitative estimate of drug-likeness (QED) is 0.733. The zero-order chi connectivity index (χ0) is 17.4. The van der Waals surface area contributed by atoms with E-state index in [4.69, 9.17) is 4.74 Å². The molecule has 0 amide bonds. The van der Waals surface area contributed by atoms with E-state index < -0.39 is 11.6 Å². The molecule has 0 unspecified atom stereocenters. The summed E-state index contributed by atoms with van der Waals surface area (Å²) in [5.41, 5.74) is 0.817. The molecule has 4 fully saturated rings. The summed E-state index contributed by atoms with van der Waals surface area (Å²) < 4.78 is 33.3. The van der Waals surface area contributed by atoms with E-state index >= 15 is 0 Å². The Morgan fingerprint density at radius 3 is 2.44 bits per heavy atom. The summed E-state index contributed by atoms with van der Waals surface area (Å²) in [5, 5.41) is 0. The SMILES string of the molecule is CCCOCCN1C[C@H](c2cc(F)cc(F)c2)[C@@H]2[C@H]1C1CCN2CC1. The van der Waals surface area contributed by atoms with Crippen LogP contribution in [0.5, 0.6) is 0 Å². The van der Waals surface area contributed by atoms with Gasteiger partial charge in [0.15, 0.2) is 0 Å². The molecule has 4 aliphatic rings. The highest BCUT2D eigenvalue weighted by Gasteiger charge is 2.53. The molecule has 4 heterocycles. The highest BCUT2D eigenvalue weighted by atomic mass is 19.1. The van der Waals surface area contributed by atoms with Gasteiger partial charge in [0.05, 0.1) is 6.61 Å². The van der Waals surface area contributed by atoms with Gasteiger partial charge in [0.2, 0.25) is 0 Å². The summed E-state index contributed by atoms with van der Waals surface area (Å²) in [5.74, 6) is -0.0337. The molecule has 3 nitrogen and oxygen atoms in total. The summed E-state index contributed by atoms with van der Waals surface area (Å²) in [6.45, 7) is 7.71. The zero-order valence-corrected chi connectivity index (χ0v) is 15.0. The van der Waals surface area contributed by atoms with E-state index in [-0.39, 0.29) is 5.92 Å². The molecule has 2 bridgehead atoms. The molecule has 5 rings (SSSR count). The van der Waals surface area contributed by atoms with E-state index in [1.807, 2.05) is 0 Å². The van der Waals surface area contributed by atoms with Crippen molar-refractivity contribution in [3.63, 3.8) is 0 Å². The van der Waals surface area contributed by atoms with Crippen molar-refractivity contribution in [2.45, 2.75) is 44.2 Å². The van der Waals surface area contributed by atoms with E-state index in [9.17, 15) is 8.78 Å². The number of hydrogen-bond acceptors (Lipinski definition) is 3. The van der Waals surface area contributed by atoms with Gasteiger partial charge in [-0.25, -0.2) is 8.78 Å². The second kappa shape index (κ2) is 7.29. The summed E-state index contributed by atoms with van der Waals surface area (Å²) in [7, 11) is 0. The van der Waals surface area contributed by atoms with Crippen molar-refractivity contribution in [2.24, 2.45) is 5.92 Å². The lowest BCUT2D eigenvalue weighted by Crippen LogP contribution is -2.60. The maximum atomic E-state index is 13.8. The van der Waals surface area contributed by atoms with Gasteiger partial charge in [-0.3, -0.25) is 9.80 Å². The third-order valence-electron chi connectivity index (χ3n) is 6.28. The van der Waals surface area contributed by atoms with Gasteiger partial charge < -0.3 is 4.74 Å². The molecular weight excluding hydrogens is 322 g/mol. The summed E-state index contributed by atoms with van der Waals surface area (Å²) in [6, 6.07) is 4.93. The molecule has 138 valence electrons. The van der Waals surface area contributed by atoms with Crippen LogP contribution in [-0.4, -0.2) is 61.3 Å². The zero-order valence-electron chi connectivity index (χ0n) is 15.0. The fourth-order valence-corrected chi connectivity index (χ4v) is 5.30. The Kier molecular flexibility index (Phi) is 5.07. The second-order valence-corrected chi connectivity index (χ2v) is 7.77. The topological polar surface area (TPSA) is 15.7 Å². The fourth-order valence-electron chi connectivity index (χ4n) is 5.30. The number of halogens is 2. The number of hydrogen-bond donors (Lipinski definition) is 0. The van der Waals surface area contributed by atoms with Crippen LogP contribution in [0.2, 0.25) is 0 Å². The van der Waals surface area contributed by atoms with Crippen molar-refractivity contribution < 1.29 is 13.5 Å². The van der Waals surface area contributed by atoms with Gasteiger partial charge in [-0.05, 0) is 56.0 Å². The van der Waals surface area contributed by atoms with Crippen LogP contribution in [0.3, 0.4) is 0 Å². The minimum absolute atomic E-state index is 0.185. The molecule has 0 N–H and O–H groups in total. The molecule has 4 aliphatic heterocycles. The van der Waals surface area contributed by atoms with Gasteiger partial charge in [0.25, 0.3) is 0 Å². The smallest absolute Gasteiger partial charge is 0.126 e. The van der Waals surface area contributed by atoms with E-state index in [0.717, 1.165) is 57.4 Å². The lowest BCUT2D eigenvalue weighted by molar-refractivity contribution is -0.0138. The van der Waals surface area contributed by atoms with Crippen LogP contribution in [0, 0.1) is 17.6 Å². The van der Waals surface area contributed by atoms with Crippen LogP contribution in [-0.2, 0) is 4.74 Å². The van der Waals surface area contributed by atoms with Crippen LogP contribution in [0.25, 0.3) is 0 Å². The molecule has 4 saturated heterocycles. The van der Waals surface area contributed by atoms with Gasteiger partial charge in [-0.2, -0.15) is 0 Å². The molecule has 5 heteroatoms. The average Bonchev–Trinajstić information content (AvgIpc) is 3.01. The van der Waals surface area contributed by atoms with Crippen molar-refractivity contribution in [3.8, 4) is 0 Å². The van der Waals surface area contributed by atoms with Crippen molar-refractivity contribution in [3.05, 3.63) is 35.4 Å². The number of nitrogens with zero attached hydrogens (tertiary/aromatic N) is 2. The standard InChI is InChI=1S/C20H28F2N2O/c1-2-8-25-9-7-24-13-18(15-10-16(21)12-17(22)11-15)20-19(24)14-3-5-23(20)6-4-14/h10-12,14,18-20H,2-9,13H2,1H3/t18-,19-,20-/m1/s1. The number of benzene rings is 1. The van der Waals surface area contributed by atoms with Crippen molar-refractivity contribution in [1.29, 1.82) is 0 Å². The van der Waals surface area contributed by atoms with Crippen LogP contribution in [0.15, 0.2) is 18.2 Å². The molecule has 3 atom stereocenters. The first kappa shape index (κ1) is 17.4. The third-order valence-corrected chi connectivity index (χ3v) is 6.28. The summed E-state index contributed by atoms with van der Waals surface area (Å²) in [6.07, 6.45) is 3.53. The number of likely N-dealkylation sites (tertiary alicyclic amines) is 1. The number of rotatable bonds is 6. The first-order valence-corrected chi connectivity index (χ1v) is 9.69. The predicted molar refractivity (Wildman–Crippen MR) is 93.7 cm³/mol. The Balaban J connectivity index is 1.57. The minimum Gasteiger partial charge on any atom is -0.380 e. The monoisotopic (exact) mass is 350 g/mol. The number of piperidine rings is 3. The molecule has 25 heavy (non-hydrogen) atoms. The molecule has 1 aromatic rings. The second-order valence-electron chi connectivity index (χ2n) is 7.77. The predicted octanol–water partition coefficient (Wildman–Crippen LogP) is 3.25. The number of ether oxygens (including phenoxy) is 1. The van der Waals surface area contributed by atoms with Gasteiger partial charge in [-0.1, -0.05) is 6.92 Å². The molecule has 0 saturated carbocycles. The number of fused-ring (bicyclic) bond motifs is 2. The maximum Gasteiger partial charge on any atom is 0.126 e. The third kappa shape index (κ3) is 3.34. The Hall–Kier alpha value is -1.04. The van der Waals surface area contributed by atoms with Crippen LogP contribution >= 0.6 is 0 Å². The van der Waals surface area contributed by atoms with Gasteiger partial charge in [0.1, 0.15) is 11.6 Å². The van der Waals surface area contributed by atoms with Gasteiger partial charge >= 0.3 is 0 Å². The molecule has 1 aromatic carbocycles. The first-order chi connectivity index (χ1) is 12.2. The van der Waals surface area contributed by atoms with Crippen molar-refractivity contribution in [1.82, 2.24) is 9.80 Å². The Labute approximate surface area is 148 Å². The van der Waals surface area contributed by atoms with Crippen LogP contribution in [0.4, 0.5) is 8.78 Å². The molecule has 0 radical (unpaired) electrons. The lowest BCUT2D eigenvalue weighted by atomic mass is 9.75. The maximum absolute atomic E-state index is 13.8. The van der Waals surface area contributed by atoms with Crippen molar-refractivity contribution in [2.75, 3.05) is 39.4 Å². The highest BCUT2D eigenvalue weighted by molar-refractivity contribution is 5.28. The van der Waals surface area contributed by atoms with Crippen LogP contribution < -0.4 is 0 Å². The average molecular weight is 350 g/mol. The molecular formula is C20H28F2N2O. The molecule has 0 aliphatic carbocycles. The normalized spacial score (nSPS) is 34.4. The van der Waals surface area contributed by atoms with Crippen molar-refractivity contribution >= 4 is 0 Å². The Bertz CT molecular complexity index is 583. The Morgan fingerprint density at radius 1 is 1.04 bits per heavy atom. The summed E-state index contributed by atoms with van der Waals surface area (Å²) >= 11 is 0. The van der Waals surface area contributed by atoms with E-state index in [1.165, 1.54) is 25.0 Å². The lowest BCUT2D eigenvalue weighted by Gasteiger charge is -2.51. The minimum atomic E-state index is -0.466. The van der Waals surface area contributed by atoms with Crippen LogP contribution in [0.1, 0.15) is 37.7 Å². The van der Waals surface area contributed by atoms with E-state index in [1.54, 1.807) is 0 Å². The molecule has 0 spiro atoms.